The van der Waals surface area contributed by atoms with Crippen LogP contribution in [0.2, 0.25) is 0 Å². The van der Waals surface area contributed by atoms with Gasteiger partial charge in [0.1, 0.15) is 5.69 Å². The Hall–Kier alpha value is -1.79. The average Bonchev–Trinajstić information content (AvgIpc) is 2.94. The third-order valence-electron chi connectivity index (χ3n) is 2.88. The molecule has 0 unspecified atom stereocenters. The highest BCUT2D eigenvalue weighted by Crippen LogP contribution is 2.13. The van der Waals surface area contributed by atoms with E-state index in [-0.39, 0.29) is 5.91 Å². The fourth-order valence-corrected chi connectivity index (χ4v) is 2.61. The molecule has 0 spiro atoms. The maximum absolute atomic E-state index is 12.4. The van der Waals surface area contributed by atoms with Crippen molar-refractivity contribution >= 4 is 17.2 Å². The first-order valence-corrected chi connectivity index (χ1v) is 7.46. The van der Waals surface area contributed by atoms with Gasteiger partial charge in [0.05, 0.1) is 17.2 Å². The lowest BCUT2D eigenvalue weighted by Gasteiger charge is -2.19. The second-order valence-corrected chi connectivity index (χ2v) is 5.25. The molecule has 2 aromatic rings. The van der Waals surface area contributed by atoms with E-state index in [1.807, 2.05) is 25.1 Å². The minimum Gasteiger partial charge on any atom is -0.332 e. The third-order valence-corrected chi connectivity index (χ3v) is 3.79. The summed E-state index contributed by atoms with van der Waals surface area (Å²) in [6.07, 6.45) is 2.44. The van der Waals surface area contributed by atoms with Crippen LogP contribution in [0.5, 0.6) is 0 Å². The lowest BCUT2D eigenvalue weighted by atomic mass is 10.3. The van der Waals surface area contributed by atoms with Crippen LogP contribution in [-0.2, 0) is 13.0 Å². The van der Waals surface area contributed by atoms with Gasteiger partial charge in [-0.2, -0.15) is 0 Å². The summed E-state index contributed by atoms with van der Waals surface area (Å²) in [4.78, 5) is 22.7. The van der Waals surface area contributed by atoms with Gasteiger partial charge in [-0.05, 0) is 25.6 Å². The molecule has 0 radical (unpaired) electrons. The van der Waals surface area contributed by atoms with Crippen LogP contribution in [0.1, 0.15) is 28.1 Å². The van der Waals surface area contributed by atoms with Gasteiger partial charge in [0, 0.05) is 24.5 Å². The summed E-state index contributed by atoms with van der Waals surface area (Å²) in [5.74, 6) is -0.0577. The topological polar surface area (TPSA) is 72.1 Å². The highest BCUT2D eigenvalue weighted by Gasteiger charge is 2.17. The fraction of sp³-hybridized carbons (Fsp3) is 0.357. The van der Waals surface area contributed by atoms with Crippen LogP contribution in [0.4, 0.5) is 0 Å². The van der Waals surface area contributed by atoms with Gasteiger partial charge in [0.15, 0.2) is 0 Å². The van der Waals surface area contributed by atoms with Crippen molar-refractivity contribution in [3.8, 4) is 0 Å². The second-order valence-electron chi connectivity index (χ2n) is 4.31. The molecule has 2 rings (SSSR count). The highest BCUT2D eigenvalue weighted by molar-refractivity contribution is 7.09. The van der Waals surface area contributed by atoms with E-state index < -0.39 is 0 Å². The number of pyridine rings is 1. The van der Waals surface area contributed by atoms with Crippen LogP contribution in [0, 0.1) is 0 Å². The van der Waals surface area contributed by atoms with Crippen LogP contribution in [0.25, 0.3) is 0 Å². The summed E-state index contributed by atoms with van der Waals surface area (Å²) in [5.41, 5.74) is 6.87. The maximum atomic E-state index is 12.4. The Balaban J connectivity index is 2.08. The number of nitrogens with two attached hydrogens (primary N) is 1. The molecule has 0 aliphatic rings. The molecule has 0 bridgehead atoms. The van der Waals surface area contributed by atoms with E-state index in [4.69, 9.17) is 5.73 Å². The quantitative estimate of drug-likeness (QED) is 0.879. The Morgan fingerprint density at radius 1 is 1.45 bits per heavy atom. The Bertz CT molecular complexity index is 555. The van der Waals surface area contributed by atoms with E-state index in [0.29, 0.717) is 31.7 Å². The summed E-state index contributed by atoms with van der Waals surface area (Å²) in [6, 6.07) is 5.70. The van der Waals surface area contributed by atoms with Gasteiger partial charge >= 0.3 is 0 Å². The Kier molecular flexibility index (Phi) is 5.20. The van der Waals surface area contributed by atoms with Crippen LogP contribution < -0.4 is 5.73 Å². The molecule has 0 fully saturated rings. The minimum atomic E-state index is -0.0577. The van der Waals surface area contributed by atoms with Crippen molar-refractivity contribution in [2.45, 2.75) is 19.9 Å². The van der Waals surface area contributed by atoms with E-state index in [2.05, 4.69) is 9.97 Å². The first-order chi connectivity index (χ1) is 9.74. The molecule has 0 atom stereocenters. The summed E-state index contributed by atoms with van der Waals surface area (Å²) < 4.78 is 0. The molecule has 20 heavy (non-hydrogen) atoms. The Labute approximate surface area is 122 Å². The van der Waals surface area contributed by atoms with E-state index >= 15 is 0 Å². The lowest BCUT2D eigenvalue weighted by Crippen LogP contribution is -2.30. The molecule has 0 aliphatic carbocycles. The molecule has 0 saturated carbocycles. The molecule has 0 saturated heterocycles. The molecule has 0 aromatic carbocycles. The van der Waals surface area contributed by atoms with Crippen LogP contribution in [-0.4, -0.2) is 33.9 Å². The van der Waals surface area contributed by atoms with Gasteiger partial charge in [0.25, 0.3) is 5.91 Å². The van der Waals surface area contributed by atoms with Crippen molar-refractivity contribution in [1.82, 2.24) is 14.9 Å². The van der Waals surface area contributed by atoms with Crippen molar-refractivity contribution in [3.05, 3.63) is 46.2 Å². The molecule has 1 amide bonds. The number of thiazole rings is 1. The zero-order chi connectivity index (χ0) is 14.4. The largest absolute Gasteiger partial charge is 0.332 e. The van der Waals surface area contributed by atoms with E-state index in [1.54, 1.807) is 16.5 Å². The molecule has 6 heteroatoms. The van der Waals surface area contributed by atoms with Gasteiger partial charge in [-0.15, -0.1) is 11.3 Å². The van der Waals surface area contributed by atoms with Gasteiger partial charge in [0.2, 0.25) is 0 Å². The summed E-state index contributed by atoms with van der Waals surface area (Å²) in [7, 11) is 0. The first-order valence-electron chi connectivity index (χ1n) is 6.58. The normalized spacial score (nSPS) is 10.5. The van der Waals surface area contributed by atoms with Gasteiger partial charge in [-0.3, -0.25) is 9.78 Å². The predicted molar refractivity (Wildman–Crippen MR) is 79.5 cm³/mol. The SMILES string of the molecule is CCN(Cc1ccccn1)C(=O)c1csc(CCN)n1. The summed E-state index contributed by atoms with van der Waals surface area (Å²) in [6.45, 7) is 3.62. The minimum absolute atomic E-state index is 0.0577. The number of hydrogen-bond donors (Lipinski definition) is 1. The van der Waals surface area contributed by atoms with E-state index in [0.717, 1.165) is 10.7 Å². The number of carbonyl (C=O) groups is 1. The number of hydrogen-bond acceptors (Lipinski definition) is 5. The Morgan fingerprint density at radius 2 is 2.30 bits per heavy atom. The number of nitrogens with zero attached hydrogens (tertiary/aromatic N) is 3. The zero-order valence-electron chi connectivity index (χ0n) is 11.5. The number of rotatable bonds is 6. The first kappa shape index (κ1) is 14.6. The van der Waals surface area contributed by atoms with Crippen LogP contribution >= 0.6 is 11.3 Å². The molecular formula is C14H18N4OS. The predicted octanol–water partition coefficient (Wildman–Crippen LogP) is 1.70. The number of aromatic nitrogens is 2. The van der Waals surface area contributed by atoms with E-state index in [1.165, 1.54) is 11.3 Å². The molecule has 2 aromatic heterocycles. The summed E-state index contributed by atoms with van der Waals surface area (Å²) >= 11 is 1.48. The van der Waals surface area contributed by atoms with Crippen molar-refractivity contribution in [2.75, 3.05) is 13.1 Å². The molecule has 5 nitrogen and oxygen atoms in total. The second kappa shape index (κ2) is 7.12. The van der Waals surface area contributed by atoms with Crippen LogP contribution in [0.15, 0.2) is 29.8 Å². The van der Waals surface area contributed by atoms with Gasteiger partial charge < -0.3 is 10.6 Å². The van der Waals surface area contributed by atoms with Crippen molar-refractivity contribution < 1.29 is 4.79 Å². The third kappa shape index (κ3) is 3.61. The Morgan fingerprint density at radius 3 is 2.95 bits per heavy atom. The van der Waals surface area contributed by atoms with Crippen molar-refractivity contribution in [3.63, 3.8) is 0 Å². The number of carbonyl (C=O) groups excluding carboxylic acids is 1. The molecule has 0 aliphatic heterocycles. The monoisotopic (exact) mass is 290 g/mol. The fourth-order valence-electron chi connectivity index (χ4n) is 1.82. The standard InChI is InChI=1S/C14H18N4OS/c1-2-18(9-11-5-3-4-8-16-11)14(19)12-10-20-13(17-12)6-7-15/h3-5,8,10H,2,6-7,9,15H2,1H3. The molecule has 2 heterocycles. The maximum Gasteiger partial charge on any atom is 0.273 e. The van der Waals surface area contributed by atoms with Crippen molar-refractivity contribution in [2.24, 2.45) is 5.73 Å². The lowest BCUT2D eigenvalue weighted by molar-refractivity contribution is 0.0745. The van der Waals surface area contributed by atoms with E-state index in [9.17, 15) is 4.79 Å². The smallest absolute Gasteiger partial charge is 0.273 e. The van der Waals surface area contributed by atoms with Gasteiger partial charge in [-0.1, -0.05) is 6.07 Å². The highest BCUT2D eigenvalue weighted by atomic mass is 32.1. The number of amides is 1. The average molecular weight is 290 g/mol. The van der Waals surface area contributed by atoms with Crippen molar-refractivity contribution in [1.29, 1.82) is 0 Å². The molecular weight excluding hydrogens is 272 g/mol. The molecule has 2 N–H and O–H groups in total. The molecule has 106 valence electrons. The zero-order valence-corrected chi connectivity index (χ0v) is 12.3. The van der Waals surface area contributed by atoms with Crippen LogP contribution in [0.3, 0.4) is 0 Å². The summed E-state index contributed by atoms with van der Waals surface area (Å²) in [5, 5.41) is 2.71. The van der Waals surface area contributed by atoms with Gasteiger partial charge in [-0.25, -0.2) is 4.98 Å².